The minimum atomic E-state index is -0.425. The van der Waals surface area contributed by atoms with Crippen LogP contribution in [0.15, 0.2) is 24.3 Å². The number of rotatable bonds is 7. The molecule has 0 aliphatic carbocycles. The van der Waals surface area contributed by atoms with E-state index < -0.39 is 6.04 Å². The van der Waals surface area contributed by atoms with Gasteiger partial charge in [-0.3, -0.25) is 4.79 Å². The number of hydrogen-bond donors (Lipinski definition) is 2. The molecule has 19 heavy (non-hydrogen) atoms. The third-order valence-electron chi connectivity index (χ3n) is 2.42. The molecule has 1 aromatic rings. The van der Waals surface area contributed by atoms with Gasteiger partial charge in [0.05, 0.1) is 12.6 Å². The maximum absolute atomic E-state index is 11.5. The lowest BCUT2D eigenvalue weighted by atomic mass is 10.2. The first-order valence-corrected chi connectivity index (χ1v) is 6.43. The number of benzene rings is 1. The second kappa shape index (κ2) is 9.89. The normalized spacial score (nSPS) is 11.3. The highest BCUT2D eigenvalue weighted by Crippen LogP contribution is 2.15. The van der Waals surface area contributed by atoms with Crippen LogP contribution in [0.25, 0.3) is 0 Å². The first-order valence-electron chi connectivity index (χ1n) is 6.05. The number of amides is 1. The molecule has 1 rings (SSSR count). The Bertz CT molecular complexity index is 371. The molecule has 0 bridgehead atoms. The Labute approximate surface area is 125 Å². The molecule has 1 unspecified atom stereocenters. The van der Waals surface area contributed by atoms with Crippen LogP contribution in [-0.4, -0.2) is 25.1 Å². The third-order valence-corrected chi connectivity index (χ3v) is 2.67. The molecule has 4 nitrogen and oxygen atoms in total. The average molecular weight is 307 g/mol. The van der Waals surface area contributed by atoms with Crippen LogP contribution in [0, 0.1) is 0 Å². The summed E-state index contributed by atoms with van der Waals surface area (Å²) in [6.45, 7) is 2.85. The molecule has 0 aromatic heterocycles. The highest BCUT2D eigenvalue weighted by Gasteiger charge is 2.10. The van der Waals surface area contributed by atoms with Crippen LogP contribution in [0.1, 0.15) is 19.8 Å². The lowest BCUT2D eigenvalue weighted by Crippen LogP contribution is -2.41. The van der Waals surface area contributed by atoms with E-state index in [-0.39, 0.29) is 18.3 Å². The van der Waals surface area contributed by atoms with Gasteiger partial charge in [0.25, 0.3) is 0 Å². The fourth-order valence-corrected chi connectivity index (χ4v) is 1.57. The van der Waals surface area contributed by atoms with Gasteiger partial charge in [-0.1, -0.05) is 24.9 Å². The number of ether oxygens (including phenoxy) is 1. The van der Waals surface area contributed by atoms with E-state index in [9.17, 15) is 4.79 Å². The molecule has 0 aliphatic heterocycles. The molecule has 0 heterocycles. The fourth-order valence-electron chi connectivity index (χ4n) is 1.45. The molecule has 1 aromatic carbocycles. The zero-order chi connectivity index (χ0) is 13.4. The first-order chi connectivity index (χ1) is 8.63. The SMILES string of the molecule is CCCC(N)C(=O)NCCOc1ccc(Cl)cc1.Cl. The molecule has 108 valence electrons. The van der Waals surface area contributed by atoms with E-state index in [0.717, 1.165) is 12.2 Å². The summed E-state index contributed by atoms with van der Waals surface area (Å²) in [4.78, 5) is 11.5. The quantitative estimate of drug-likeness (QED) is 0.760. The second-order valence-corrected chi connectivity index (χ2v) is 4.43. The van der Waals surface area contributed by atoms with Gasteiger partial charge >= 0.3 is 0 Å². The van der Waals surface area contributed by atoms with Crippen molar-refractivity contribution in [3.05, 3.63) is 29.3 Å². The lowest BCUT2D eigenvalue weighted by molar-refractivity contribution is -0.122. The van der Waals surface area contributed by atoms with Gasteiger partial charge in [-0.15, -0.1) is 12.4 Å². The van der Waals surface area contributed by atoms with E-state index in [4.69, 9.17) is 22.1 Å². The Kier molecular flexibility index (Phi) is 9.39. The second-order valence-electron chi connectivity index (χ2n) is 3.99. The fraction of sp³-hybridized carbons (Fsp3) is 0.462. The van der Waals surface area contributed by atoms with Gasteiger partial charge in [-0.25, -0.2) is 0 Å². The van der Waals surface area contributed by atoms with Crippen molar-refractivity contribution in [3.63, 3.8) is 0 Å². The molecule has 1 amide bonds. The molecule has 0 radical (unpaired) electrons. The van der Waals surface area contributed by atoms with E-state index in [2.05, 4.69) is 5.32 Å². The lowest BCUT2D eigenvalue weighted by Gasteiger charge is -2.11. The molecule has 6 heteroatoms. The highest BCUT2D eigenvalue weighted by atomic mass is 35.5. The summed E-state index contributed by atoms with van der Waals surface area (Å²) in [5.41, 5.74) is 5.67. The van der Waals surface area contributed by atoms with Crippen molar-refractivity contribution in [2.45, 2.75) is 25.8 Å². The Morgan fingerprint density at radius 3 is 2.63 bits per heavy atom. The third kappa shape index (κ3) is 7.25. The monoisotopic (exact) mass is 306 g/mol. The molecular formula is C13H20Cl2N2O2. The highest BCUT2D eigenvalue weighted by molar-refractivity contribution is 6.30. The molecular weight excluding hydrogens is 287 g/mol. The summed E-state index contributed by atoms with van der Waals surface area (Å²) in [7, 11) is 0. The molecule has 0 aliphatic rings. The Morgan fingerprint density at radius 2 is 2.05 bits per heavy atom. The van der Waals surface area contributed by atoms with Crippen LogP contribution in [-0.2, 0) is 4.79 Å². The maximum atomic E-state index is 11.5. The van der Waals surface area contributed by atoms with Crippen molar-refractivity contribution in [1.29, 1.82) is 0 Å². The topological polar surface area (TPSA) is 64.4 Å². The number of halogens is 2. The Hall–Kier alpha value is -0.970. The standard InChI is InChI=1S/C13H19ClN2O2.ClH/c1-2-3-12(15)13(17)16-8-9-18-11-6-4-10(14)5-7-11;/h4-7,12H,2-3,8-9,15H2,1H3,(H,16,17);1H. The summed E-state index contributed by atoms with van der Waals surface area (Å²) in [5, 5.41) is 3.40. The summed E-state index contributed by atoms with van der Waals surface area (Å²) in [6.07, 6.45) is 1.60. The van der Waals surface area contributed by atoms with Gasteiger partial charge in [-0.05, 0) is 30.7 Å². The zero-order valence-electron chi connectivity index (χ0n) is 10.9. The van der Waals surface area contributed by atoms with Crippen molar-refractivity contribution in [3.8, 4) is 5.75 Å². The zero-order valence-corrected chi connectivity index (χ0v) is 12.5. The summed E-state index contributed by atoms with van der Waals surface area (Å²) in [6, 6.07) is 6.66. The molecule has 0 spiro atoms. The first kappa shape index (κ1) is 18.0. The molecule has 0 saturated carbocycles. The molecule has 0 saturated heterocycles. The van der Waals surface area contributed by atoms with Gasteiger partial charge in [0.15, 0.2) is 0 Å². The van der Waals surface area contributed by atoms with Crippen LogP contribution in [0.4, 0.5) is 0 Å². The van der Waals surface area contributed by atoms with Crippen LogP contribution in [0.5, 0.6) is 5.75 Å². The van der Waals surface area contributed by atoms with Crippen molar-refractivity contribution >= 4 is 29.9 Å². The number of carbonyl (C=O) groups is 1. The molecule has 0 fully saturated rings. The van der Waals surface area contributed by atoms with Crippen LogP contribution in [0.2, 0.25) is 5.02 Å². The predicted octanol–water partition coefficient (Wildman–Crippen LogP) is 2.38. The largest absolute Gasteiger partial charge is 0.492 e. The van der Waals surface area contributed by atoms with E-state index in [0.29, 0.717) is 24.6 Å². The van der Waals surface area contributed by atoms with Crippen LogP contribution < -0.4 is 15.8 Å². The van der Waals surface area contributed by atoms with E-state index >= 15 is 0 Å². The van der Waals surface area contributed by atoms with E-state index in [1.807, 2.05) is 6.92 Å². The van der Waals surface area contributed by atoms with Gasteiger partial charge in [0, 0.05) is 5.02 Å². The molecule has 3 N–H and O–H groups in total. The van der Waals surface area contributed by atoms with E-state index in [1.54, 1.807) is 24.3 Å². The average Bonchev–Trinajstić information content (AvgIpc) is 2.36. The van der Waals surface area contributed by atoms with Crippen LogP contribution in [0.3, 0.4) is 0 Å². The number of hydrogen-bond acceptors (Lipinski definition) is 3. The van der Waals surface area contributed by atoms with Gasteiger partial charge in [0.2, 0.25) is 5.91 Å². The number of nitrogens with two attached hydrogens (primary N) is 1. The van der Waals surface area contributed by atoms with Crippen LogP contribution >= 0.6 is 24.0 Å². The van der Waals surface area contributed by atoms with Crippen molar-refractivity contribution in [1.82, 2.24) is 5.32 Å². The summed E-state index contributed by atoms with van der Waals surface area (Å²) in [5.74, 6) is 0.600. The maximum Gasteiger partial charge on any atom is 0.237 e. The summed E-state index contributed by atoms with van der Waals surface area (Å²) >= 11 is 5.75. The predicted molar refractivity (Wildman–Crippen MR) is 80.1 cm³/mol. The minimum absolute atomic E-state index is 0. The van der Waals surface area contributed by atoms with Gasteiger partial charge < -0.3 is 15.8 Å². The van der Waals surface area contributed by atoms with Crippen molar-refractivity contribution < 1.29 is 9.53 Å². The van der Waals surface area contributed by atoms with Crippen molar-refractivity contribution in [2.75, 3.05) is 13.2 Å². The molecule has 1 atom stereocenters. The minimum Gasteiger partial charge on any atom is -0.492 e. The van der Waals surface area contributed by atoms with E-state index in [1.165, 1.54) is 0 Å². The Morgan fingerprint density at radius 1 is 1.42 bits per heavy atom. The Balaban J connectivity index is 0.00000324. The number of carbonyl (C=O) groups excluding carboxylic acids is 1. The van der Waals surface area contributed by atoms with Gasteiger partial charge in [0.1, 0.15) is 12.4 Å². The van der Waals surface area contributed by atoms with Crippen molar-refractivity contribution in [2.24, 2.45) is 5.73 Å². The number of nitrogens with one attached hydrogen (secondary N) is 1. The smallest absolute Gasteiger partial charge is 0.237 e. The van der Waals surface area contributed by atoms with Gasteiger partial charge in [-0.2, -0.15) is 0 Å². The summed E-state index contributed by atoms with van der Waals surface area (Å²) < 4.78 is 5.44.